The number of hydrogen-bond donors (Lipinski definition) is 2. The normalized spacial score (nSPS) is 28.3. The Morgan fingerprint density at radius 1 is 1.15 bits per heavy atom. The van der Waals surface area contributed by atoms with E-state index in [0.29, 0.717) is 11.8 Å². The molecular weight excluding hydrogens is 334 g/mol. The van der Waals surface area contributed by atoms with E-state index >= 15 is 0 Å². The van der Waals surface area contributed by atoms with E-state index in [4.69, 9.17) is 0 Å². The van der Waals surface area contributed by atoms with Crippen molar-refractivity contribution in [2.75, 3.05) is 20.1 Å². The van der Waals surface area contributed by atoms with Gasteiger partial charge in [0.05, 0.1) is 6.04 Å². The van der Waals surface area contributed by atoms with E-state index in [1.54, 1.807) is 0 Å². The van der Waals surface area contributed by atoms with Crippen LogP contribution in [-0.2, 0) is 11.2 Å². The maximum absolute atomic E-state index is 13.5. The molecule has 0 radical (unpaired) electrons. The molecule has 144 valence electrons. The van der Waals surface area contributed by atoms with Gasteiger partial charge in [-0.15, -0.1) is 0 Å². The molecule has 1 aromatic carbocycles. The lowest BCUT2D eigenvalue weighted by Gasteiger charge is -2.39. The van der Waals surface area contributed by atoms with Gasteiger partial charge in [-0.2, -0.15) is 0 Å². The quantitative estimate of drug-likeness (QED) is 0.859. The number of carbonyl (C=O) groups excluding carboxylic acids is 1. The summed E-state index contributed by atoms with van der Waals surface area (Å²) in [5.74, 6) is 2.08. The van der Waals surface area contributed by atoms with Crippen LogP contribution in [0.3, 0.4) is 0 Å². The summed E-state index contributed by atoms with van der Waals surface area (Å²) in [5, 5.41) is 4.66. The number of fused-ring (bicyclic) bond motifs is 3. The maximum Gasteiger partial charge on any atom is 0.226 e. The molecule has 2 heterocycles. The minimum atomic E-state index is 0.241. The molecule has 5 rings (SSSR count). The van der Waals surface area contributed by atoms with Gasteiger partial charge in [-0.25, -0.2) is 0 Å². The summed E-state index contributed by atoms with van der Waals surface area (Å²) in [4.78, 5) is 19.4. The van der Waals surface area contributed by atoms with Crippen molar-refractivity contribution in [1.29, 1.82) is 0 Å². The lowest BCUT2D eigenvalue weighted by molar-refractivity contribution is -0.140. The number of aromatic amines is 1. The largest absolute Gasteiger partial charge is 0.356 e. The second kappa shape index (κ2) is 6.97. The maximum atomic E-state index is 13.5. The summed E-state index contributed by atoms with van der Waals surface area (Å²) in [7, 11) is 2.03. The Balaban J connectivity index is 1.39. The van der Waals surface area contributed by atoms with Crippen molar-refractivity contribution in [3.05, 3.63) is 35.5 Å². The lowest BCUT2D eigenvalue weighted by Crippen LogP contribution is -2.45. The molecule has 2 N–H and O–H groups in total. The summed E-state index contributed by atoms with van der Waals surface area (Å²) >= 11 is 0. The van der Waals surface area contributed by atoms with E-state index in [1.165, 1.54) is 47.8 Å². The van der Waals surface area contributed by atoms with Gasteiger partial charge in [0.25, 0.3) is 0 Å². The number of amides is 1. The fraction of sp³-hybridized carbons (Fsp3) is 0.609. The van der Waals surface area contributed by atoms with Crippen LogP contribution < -0.4 is 5.32 Å². The Labute approximate surface area is 161 Å². The third kappa shape index (κ3) is 3.08. The van der Waals surface area contributed by atoms with Crippen LogP contribution in [0.1, 0.15) is 55.8 Å². The average molecular weight is 366 g/mol. The van der Waals surface area contributed by atoms with Crippen LogP contribution in [0.15, 0.2) is 24.3 Å². The van der Waals surface area contributed by atoms with Gasteiger partial charge in [0.2, 0.25) is 5.91 Å². The minimum Gasteiger partial charge on any atom is -0.356 e. The van der Waals surface area contributed by atoms with E-state index in [-0.39, 0.29) is 12.0 Å². The first-order valence-electron chi connectivity index (χ1n) is 10.8. The number of aromatic nitrogens is 1. The number of nitrogens with one attached hydrogen (secondary N) is 2. The van der Waals surface area contributed by atoms with Crippen LogP contribution >= 0.6 is 0 Å². The van der Waals surface area contributed by atoms with Crippen molar-refractivity contribution in [3.63, 3.8) is 0 Å². The Bertz CT molecular complexity index is 829. The molecule has 1 unspecified atom stereocenters. The van der Waals surface area contributed by atoms with Gasteiger partial charge in [0.15, 0.2) is 0 Å². The van der Waals surface area contributed by atoms with Crippen LogP contribution in [0.25, 0.3) is 10.9 Å². The summed E-state index contributed by atoms with van der Waals surface area (Å²) in [6.07, 6.45) is 8.03. The molecule has 0 spiro atoms. The minimum absolute atomic E-state index is 0.241. The average Bonchev–Trinajstić information content (AvgIpc) is 3.47. The number of benzene rings is 1. The zero-order chi connectivity index (χ0) is 18.4. The summed E-state index contributed by atoms with van der Waals surface area (Å²) < 4.78 is 0. The standard InChI is InChI=1S/C23H31N3O/c1-24-14-15-6-8-17(9-7-15)23(27)26-13-12-19-18-4-2-3-5-20(18)25-21(19)22(26)16-10-11-16/h2-5,15-17,22,24-25H,6-14H2,1H3/t15-,17-,22?. The molecular formula is C23H31N3O. The highest BCUT2D eigenvalue weighted by molar-refractivity contribution is 5.86. The number of nitrogens with zero attached hydrogens (tertiary/aromatic N) is 1. The van der Waals surface area contributed by atoms with Crippen molar-refractivity contribution in [3.8, 4) is 0 Å². The Morgan fingerprint density at radius 3 is 2.67 bits per heavy atom. The number of rotatable bonds is 4. The van der Waals surface area contributed by atoms with Crippen molar-refractivity contribution in [2.45, 2.75) is 51.0 Å². The lowest BCUT2D eigenvalue weighted by atomic mass is 9.80. The van der Waals surface area contributed by atoms with Crippen LogP contribution in [-0.4, -0.2) is 35.9 Å². The zero-order valence-corrected chi connectivity index (χ0v) is 16.3. The molecule has 2 saturated carbocycles. The van der Waals surface area contributed by atoms with Gasteiger partial charge in [-0.3, -0.25) is 4.79 Å². The summed E-state index contributed by atoms with van der Waals surface area (Å²) in [6, 6.07) is 8.91. The third-order valence-corrected chi connectivity index (χ3v) is 7.12. The van der Waals surface area contributed by atoms with Gasteiger partial charge in [0, 0.05) is 29.1 Å². The first kappa shape index (κ1) is 17.3. The Hall–Kier alpha value is -1.81. The van der Waals surface area contributed by atoms with Crippen LogP contribution in [0.5, 0.6) is 0 Å². The van der Waals surface area contributed by atoms with E-state index in [2.05, 4.69) is 39.5 Å². The van der Waals surface area contributed by atoms with Crippen LogP contribution in [0.4, 0.5) is 0 Å². The molecule has 0 saturated heterocycles. The van der Waals surface area contributed by atoms with Gasteiger partial charge in [0.1, 0.15) is 0 Å². The molecule has 1 aromatic heterocycles. The Kier molecular flexibility index (Phi) is 4.47. The molecule has 1 aliphatic heterocycles. The highest BCUT2D eigenvalue weighted by Gasteiger charge is 2.44. The van der Waals surface area contributed by atoms with Crippen molar-refractivity contribution >= 4 is 16.8 Å². The number of para-hydroxylation sites is 1. The van der Waals surface area contributed by atoms with Crippen molar-refractivity contribution in [2.24, 2.45) is 17.8 Å². The highest BCUT2D eigenvalue weighted by Crippen LogP contribution is 2.49. The first-order chi connectivity index (χ1) is 13.3. The van der Waals surface area contributed by atoms with E-state index < -0.39 is 0 Å². The van der Waals surface area contributed by atoms with Crippen molar-refractivity contribution in [1.82, 2.24) is 15.2 Å². The molecule has 1 amide bonds. The smallest absolute Gasteiger partial charge is 0.226 e. The van der Waals surface area contributed by atoms with Gasteiger partial charge in [-0.05, 0) is 82.0 Å². The fourth-order valence-corrected chi connectivity index (χ4v) is 5.56. The second-order valence-electron chi connectivity index (χ2n) is 8.90. The molecule has 2 aliphatic carbocycles. The molecule has 3 aliphatic rings. The SMILES string of the molecule is CNC[C@H]1CC[C@H](C(=O)N2CCc3c([nH]c4ccccc34)C2C2CC2)CC1. The van der Waals surface area contributed by atoms with Crippen LogP contribution in [0.2, 0.25) is 0 Å². The summed E-state index contributed by atoms with van der Waals surface area (Å²) in [5.41, 5.74) is 4.03. The zero-order valence-electron chi connectivity index (χ0n) is 16.3. The molecule has 4 heteroatoms. The molecule has 2 aromatic rings. The monoisotopic (exact) mass is 365 g/mol. The molecule has 27 heavy (non-hydrogen) atoms. The summed E-state index contributed by atoms with van der Waals surface area (Å²) in [6.45, 7) is 1.99. The van der Waals surface area contributed by atoms with Gasteiger partial charge in [-0.1, -0.05) is 18.2 Å². The van der Waals surface area contributed by atoms with Crippen LogP contribution in [0, 0.1) is 17.8 Å². The van der Waals surface area contributed by atoms with Crippen molar-refractivity contribution < 1.29 is 4.79 Å². The van der Waals surface area contributed by atoms with Gasteiger partial charge >= 0.3 is 0 Å². The third-order valence-electron chi connectivity index (χ3n) is 7.12. The van der Waals surface area contributed by atoms with Gasteiger partial charge < -0.3 is 15.2 Å². The molecule has 4 nitrogen and oxygen atoms in total. The van der Waals surface area contributed by atoms with E-state index in [0.717, 1.165) is 38.3 Å². The molecule has 0 bridgehead atoms. The number of carbonyl (C=O) groups is 1. The topological polar surface area (TPSA) is 48.1 Å². The predicted molar refractivity (Wildman–Crippen MR) is 109 cm³/mol. The molecule has 1 atom stereocenters. The number of hydrogen-bond acceptors (Lipinski definition) is 2. The first-order valence-corrected chi connectivity index (χ1v) is 10.8. The van der Waals surface area contributed by atoms with E-state index in [1.807, 2.05) is 7.05 Å². The highest BCUT2D eigenvalue weighted by atomic mass is 16.2. The second-order valence-corrected chi connectivity index (χ2v) is 8.90. The fourth-order valence-electron chi connectivity index (χ4n) is 5.56. The molecule has 2 fully saturated rings. The number of H-pyrrole nitrogens is 1. The van der Waals surface area contributed by atoms with E-state index in [9.17, 15) is 4.79 Å². The predicted octanol–water partition coefficient (Wildman–Crippen LogP) is 4.03. The Morgan fingerprint density at radius 2 is 1.93 bits per heavy atom.